The normalized spacial score (nSPS) is 26.7. The second-order valence-electron chi connectivity index (χ2n) is 9.12. The molecule has 3 aliphatic rings. The van der Waals surface area contributed by atoms with E-state index in [0.717, 1.165) is 38.0 Å². The lowest BCUT2D eigenvalue weighted by atomic mass is 9.75. The van der Waals surface area contributed by atoms with Crippen molar-refractivity contribution in [2.45, 2.75) is 38.6 Å². The average molecular weight is 404 g/mol. The van der Waals surface area contributed by atoms with Crippen molar-refractivity contribution < 1.29 is 9.59 Å². The lowest BCUT2D eigenvalue weighted by Crippen LogP contribution is -2.56. The fourth-order valence-corrected chi connectivity index (χ4v) is 5.58. The summed E-state index contributed by atoms with van der Waals surface area (Å²) in [5.74, 6) is 1.44. The Kier molecular flexibility index (Phi) is 5.41. The first-order valence-electron chi connectivity index (χ1n) is 10.4. The molecule has 1 aromatic carbocycles. The van der Waals surface area contributed by atoms with Gasteiger partial charge in [-0.25, -0.2) is 0 Å². The standard InChI is InChI=1S/C22H30ClN3O2/c1-15(2)12-25-13-17-18(14-25)22(24-21(17)28)7-9-26(10-8-22)20(27)11-16-5-3-4-6-19(16)23/h3-6,15,17-18H,7-14H2,1-2H3,(H,24,28)/t17-,18+/m1/s1. The minimum absolute atomic E-state index is 0.115. The lowest BCUT2D eigenvalue weighted by Gasteiger charge is -2.43. The first kappa shape index (κ1) is 19.7. The van der Waals surface area contributed by atoms with Gasteiger partial charge in [-0.2, -0.15) is 0 Å². The van der Waals surface area contributed by atoms with E-state index in [1.54, 1.807) is 0 Å². The van der Waals surface area contributed by atoms with Crippen molar-refractivity contribution in [2.75, 3.05) is 32.7 Å². The van der Waals surface area contributed by atoms with E-state index in [4.69, 9.17) is 11.6 Å². The van der Waals surface area contributed by atoms with Crippen molar-refractivity contribution in [1.29, 1.82) is 0 Å². The molecule has 0 aliphatic carbocycles. The van der Waals surface area contributed by atoms with Gasteiger partial charge in [-0.3, -0.25) is 9.59 Å². The molecule has 1 aromatic rings. The summed E-state index contributed by atoms with van der Waals surface area (Å²) in [7, 11) is 0. The molecule has 3 aliphatic heterocycles. The van der Waals surface area contributed by atoms with E-state index in [1.165, 1.54) is 0 Å². The maximum Gasteiger partial charge on any atom is 0.227 e. The maximum atomic E-state index is 12.8. The molecule has 0 unspecified atom stereocenters. The van der Waals surface area contributed by atoms with Crippen LogP contribution in [0.2, 0.25) is 5.02 Å². The van der Waals surface area contributed by atoms with E-state index in [9.17, 15) is 9.59 Å². The molecule has 0 radical (unpaired) electrons. The van der Waals surface area contributed by atoms with Crippen LogP contribution >= 0.6 is 11.6 Å². The Bertz CT molecular complexity index is 758. The fourth-order valence-electron chi connectivity index (χ4n) is 5.37. The molecule has 1 N–H and O–H groups in total. The highest BCUT2D eigenvalue weighted by Gasteiger charge is 2.57. The number of carbonyl (C=O) groups is 2. The highest BCUT2D eigenvalue weighted by Crippen LogP contribution is 2.44. The largest absolute Gasteiger partial charge is 0.350 e. The number of nitrogens with zero attached hydrogens (tertiary/aromatic N) is 2. The van der Waals surface area contributed by atoms with E-state index in [0.29, 0.717) is 36.4 Å². The van der Waals surface area contributed by atoms with Crippen molar-refractivity contribution in [1.82, 2.24) is 15.1 Å². The minimum atomic E-state index is -0.130. The molecule has 3 fully saturated rings. The zero-order chi connectivity index (χ0) is 19.9. The van der Waals surface area contributed by atoms with Crippen molar-refractivity contribution >= 4 is 23.4 Å². The topological polar surface area (TPSA) is 52.7 Å². The van der Waals surface area contributed by atoms with Gasteiger partial charge in [-0.1, -0.05) is 43.6 Å². The summed E-state index contributed by atoms with van der Waals surface area (Å²) < 4.78 is 0. The van der Waals surface area contributed by atoms with Crippen molar-refractivity contribution in [3.63, 3.8) is 0 Å². The molecule has 0 bridgehead atoms. The van der Waals surface area contributed by atoms with Gasteiger partial charge < -0.3 is 15.1 Å². The summed E-state index contributed by atoms with van der Waals surface area (Å²) >= 11 is 6.21. The number of likely N-dealkylation sites (tertiary alicyclic amines) is 2. The Hall–Kier alpha value is -1.59. The van der Waals surface area contributed by atoms with Crippen LogP contribution in [0.5, 0.6) is 0 Å². The van der Waals surface area contributed by atoms with E-state index < -0.39 is 0 Å². The zero-order valence-electron chi connectivity index (χ0n) is 16.8. The number of fused-ring (bicyclic) bond motifs is 2. The third-order valence-corrected chi connectivity index (χ3v) is 7.11. The predicted molar refractivity (Wildman–Crippen MR) is 110 cm³/mol. The highest BCUT2D eigenvalue weighted by molar-refractivity contribution is 6.31. The number of rotatable bonds is 4. The van der Waals surface area contributed by atoms with Gasteiger partial charge in [0.1, 0.15) is 0 Å². The molecule has 3 heterocycles. The molecule has 2 atom stereocenters. The molecule has 5 nitrogen and oxygen atoms in total. The van der Waals surface area contributed by atoms with E-state index >= 15 is 0 Å². The number of benzene rings is 1. The Labute approximate surface area is 172 Å². The number of piperidine rings is 1. The highest BCUT2D eigenvalue weighted by atomic mass is 35.5. The Balaban J connectivity index is 1.39. The van der Waals surface area contributed by atoms with Crippen LogP contribution < -0.4 is 5.32 Å². The summed E-state index contributed by atoms with van der Waals surface area (Å²) in [6.07, 6.45) is 2.04. The van der Waals surface area contributed by atoms with E-state index in [-0.39, 0.29) is 23.3 Å². The summed E-state index contributed by atoms with van der Waals surface area (Å²) in [6.45, 7) is 8.80. The summed E-state index contributed by atoms with van der Waals surface area (Å²) in [5.41, 5.74) is 0.748. The van der Waals surface area contributed by atoms with Crippen LogP contribution in [0.1, 0.15) is 32.3 Å². The molecular weight excluding hydrogens is 374 g/mol. The Morgan fingerprint density at radius 1 is 1.25 bits per heavy atom. The lowest BCUT2D eigenvalue weighted by molar-refractivity contribution is -0.132. The predicted octanol–water partition coefficient (Wildman–Crippen LogP) is 2.58. The minimum Gasteiger partial charge on any atom is -0.350 e. The molecule has 2 amide bonds. The molecule has 28 heavy (non-hydrogen) atoms. The second-order valence-corrected chi connectivity index (χ2v) is 9.53. The Morgan fingerprint density at radius 3 is 2.64 bits per heavy atom. The monoisotopic (exact) mass is 403 g/mol. The summed E-state index contributed by atoms with van der Waals surface area (Å²) in [5, 5.41) is 3.98. The molecule has 4 rings (SSSR count). The van der Waals surface area contributed by atoms with Gasteiger partial charge >= 0.3 is 0 Å². The molecule has 6 heteroatoms. The average Bonchev–Trinajstić information content (AvgIpc) is 3.17. The molecular formula is C22H30ClN3O2. The summed E-state index contributed by atoms with van der Waals surface area (Å²) in [6, 6.07) is 7.53. The quantitative estimate of drug-likeness (QED) is 0.840. The van der Waals surface area contributed by atoms with Crippen molar-refractivity contribution in [3.05, 3.63) is 34.9 Å². The van der Waals surface area contributed by atoms with Crippen LogP contribution in [0.25, 0.3) is 0 Å². The van der Waals surface area contributed by atoms with E-state index in [2.05, 4.69) is 24.1 Å². The SMILES string of the molecule is CC(C)CN1C[C@H]2C(=O)NC3(CCN(C(=O)Cc4ccccc4Cl)CC3)[C@H]2C1. The van der Waals surface area contributed by atoms with Crippen LogP contribution in [0.4, 0.5) is 0 Å². The van der Waals surface area contributed by atoms with Gasteiger partial charge in [-0.05, 0) is 30.4 Å². The van der Waals surface area contributed by atoms with Crippen LogP contribution in [0.15, 0.2) is 24.3 Å². The third-order valence-electron chi connectivity index (χ3n) is 6.75. The van der Waals surface area contributed by atoms with Crippen molar-refractivity contribution in [3.8, 4) is 0 Å². The maximum absolute atomic E-state index is 12.8. The van der Waals surface area contributed by atoms with Gasteiger partial charge in [0.2, 0.25) is 11.8 Å². The fraction of sp³-hybridized carbons (Fsp3) is 0.636. The third kappa shape index (κ3) is 3.67. The second kappa shape index (κ2) is 7.68. The molecule has 152 valence electrons. The van der Waals surface area contributed by atoms with Crippen LogP contribution in [-0.4, -0.2) is 59.9 Å². The Morgan fingerprint density at radius 2 is 1.96 bits per heavy atom. The smallest absolute Gasteiger partial charge is 0.227 e. The first-order valence-corrected chi connectivity index (χ1v) is 10.8. The number of halogens is 1. The van der Waals surface area contributed by atoms with E-state index in [1.807, 2.05) is 29.2 Å². The number of carbonyl (C=O) groups excluding carboxylic acids is 2. The number of nitrogens with one attached hydrogen (secondary N) is 1. The first-order chi connectivity index (χ1) is 13.4. The van der Waals surface area contributed by atoms with Crippen LogP contribution in [-0.2, 0) is 16.0 Å². The molecule has 3 saturated heterocycles. The molecule has 1 spiro atoms. The van der Waals surface area contributed by atoms with Gasteiger partial charge in [0.05, 0.1) is 12.3 Å². The molecule has 0 saturated carbocycles. The molecule has 0 aromatic heterocycles. The van der Waals surface area contributed by atoms with Gasteiger partial charge in [0, 0.05) is 49.2 Å². The number of amides is 2. The zero-order valence-corrected chi connectivity index (χ0v) is 17.5. The van der Waals surface area contributed by atoms with Crippen LogP contribution in [0, 0.1) is 17.8 Å². The van der Waals surface area contributed by atoms with Gasteiger partial charge in [-0.15, -0.1) is 0 Å². The van der Waals surface area contributed by atoms with Gasteiger partial charge in [0.15, 0.2) is 0 Å². The number of hydrogen-bond donors (Lipinski definition) is 1. The number of hydrogen-bond acceptors (Lipinski definition) is 3. The van der Waals surface area contributed by atoms with Gasteiger partial charge in [0.25, 0.3) is 0 Å². The van der Waals surface area contributed by atoms with Crippen molar-refractivity contribution in [2.24, 2.45) is 17.8 Å². The summed E-state index contributed by atoms with van der Waals surface area (Å²) in [4.78, 5) is 29.8. The van der Waals surface area contributed by atoms with Crippen LogP contribution in [0.3, 0.4) is 0 Å².